The van der Waals surface area contributed by atoms with Crippen LogP contribution in [0.1, 0.15) is 25.3 Å². The molecule has 1 atom stereocenters. The zero-order chi connectivity index (χ0) is 12.4. The normalized spacial score (nSPS) is 19.7. The van der Waals surface area contributed by atoms with E-state index in [2.05, 4.69) is 6.92 Å². The molecule has 1 heterocycles. The van der Waals surface area contributed by atoms with Crippen molar-refractivity contribution in [1.82, 2.24) is 4.90 Å². The SMILES string of the molecule is CC1CCCN1C(=O)Cc1c(Cl)cccc1Cl. The Morgan fingerprint density at radius 1 is 1.41 bits per heavy atom. The molecule has 1 unspecified atom stereocenters. The molecule has 2 nitrogen and oxygen atoms in total. The molecule has 0 aliphatic carbocycles. The molecule has 4 heteroatoms. The molecule has 1 aliphatic rings. The topological polar surface area (TPSA) is 20.3 Å². The molecule has 1 aliphatic heterocycles. The Morgan fingerprint density at radius 3 is 2.59 bits per heavy atom. The van der Waals surface area contributed by atoms with Crippen LogP contribution in [0, 0.1) is 0 Å². The van der Waals surface area contributed by atoms with E-state index in [1.165, 1.54) is 0 Å². The third kappa shape index (κ3) is 2.75. The van der Waals surface area contributed by atoms with Crippen molar-refractivity contribution in [1.29, 1.82) is 0 Å². The maximum Gasteiger partial charge on any atom is 0.227 e. The summed E-state index contributed by atoms with van der Waals surface area (Å²) in [5.74, 6) is 0.116. The van der Waals surface area contributed by atoms with Crippen molar-refractivity contribution in [3.63, 3.8) is 0 Å². The summed E-state index contributed by atoms with van der Waals surface area (Å²) in [5.41, 5.74) is 0.736. The molecule has 0 saturated carbocycles. The van der Waals surface area contributed by atoms with Crippen molar-refractivity contribution in [2.45, 2.75) is 32.2 Å². The molecule has 0 radical (unpaired) electrons. The number of carbonyl (C=O) groups excluding carboxylic acids is 1. The predicted molar refractivity (Wildman–Crippen MR) is 70.6 cm³/mol. The Hall–Kier alpha value is -0.730. The van der Waals surface area contributed by atoms with Gasteiger partial charge in [-0.25, -0.2) is 0 Å². The summed E-state index contributed by atoms with van der Waals surface area (Å²) in [6.45, 7) is 2.93. The molecule has 0 spiro atoms. The summed E-state index contributed by atoms with van der Waals surface area (Å²) < 4.78 is 0. The molecular formula is C13H15Cl2NO. The van der Waals surface area contributed by atoms with Gasteiger partial charge in [0.05, 0.1) is 6.42 Å². The minimum Gasteiger partial charge on any atom is -0.340 e. The van der Waals surface area contributed by atoms with Crippen LogP contribution in [-0.2, 0) is 11.2 Å². The Morgan fingerprint density at radius 2 is 2.06 bits per heavy atom. The van der Waals surface area contributed by atoms with Gasteiger partial charge in [0.2, 0.25) is 5.91 Å². The van der Waals surface area contributed by atoms with Crippen molar-refractivity contribution in [2.75, 3.05) is 6.54 Å². The molecule has 1 saturated heterocycles. The highest BCUT2D eigenvalue weighted by Crippen LogP contribution is 2.26. The second-order valence-corrected chi connectivity index (χ2v) is 5.27. The average Bonchev–Trinajstić information content (AvgIpc) is 2.70. The Bertz CT molecular complexity index is 413. The van der Waals surface area contributed by atoms with Crippen molar-refractivity contribution < 1.29 is 4.79 Å². The third-order valence-electron chi connectivity index (χ3n) is 3.26. The minimum absolute atomic E-state index is 0.116. The fourth-order valence-electron chi connectivity index (χ4n) is 2.26. The van der Waals surface area contributed by atoms with Crippen LogP contribution in [-0.4, -0.2) is 23.4 Å². The summed E-state index contributed by atoms with van der Waals surface area (Å²) in [7, 11) is 0. The standard InChI is InChI=1S/C13H15Cl2NO/c1-9-4-3-7-16(9)13(17)8-10-11(14)5-2-6-12(10)15/h2,5-6,9H,3-4,7-8H2,1H3. The average molecular weight is 272 g/mol. The van der Waals surface area contributed by atoms with Crippen LogP contribution in [0.25, 0.3) is 0 Å². The van der Waals surface area contributed by atoms with Crippen LogP contribution in [0.3, 0.4) is 0 Å². The van der Waals surface area contributed by atoms with Crippen LogP contribution in [0.2, 0.25) is 10.0 Å². The molecule has 2 rings (SSSR count). The lowest BCUT2D eigenvalue weighted by Crippen LogP contribution is -2.34. The van der Waals surface area contributed by atoms with E-state index in [1.807, 2.05) is 4.90 Å². The number of amides is 1. The van der Waals surface area contributed by atoms with Crippen LogP contribution >= 0.6 is 23.2 Å². The third-order valence-corrected chi connectivity index (χ3v) is 3.97. The van der Waals surface area contributed by atoms with E-state index >= 15 is 0 Å². The fourth-order valence-corrected chi connectivity index (χ4v) is 2.79. The zero-order valence-corrected chi connectivity index (χ0v) is 11.3. The number of nitrogens with zero attached hydrogens (tertiary/aromatic N) is 1. The highest BCUT2D eigenvalue weighted by Gasteiger charge is 2.25. The fraction of sp³-hybridized carbons (Fsp3) is 0.462. The van der Waals surface area contributed by atoms with Crippen LogP contribution in [0.15, 0.2) is 18.2 Å². The predicted octanol–water partition coefficient (Wildman–Crippen LogP) is 3.55. The highest BCUT2D eigenvalue weighted by atomic mass is 35.5. The Labute approximate surface area is 112 Å². The van der Waals surface area contributed by atoms with E-state index in [9.17, 15) is 4.79 Å². The quantitative estimate of drug-likeness (QED) is 0.806. The second kappa shape index (κ2) is 5.28. The number of benzene rings is 1. The van der Waals surface area contributed by atoms with Gasteiger partial charge < -0.3 is 4.90 Å². The van der Waals surface area contributed by atoms with E-state index in [0.717, 1.165) is 24.9 Å². The molecule has 17 heavy (non-hydrogen) atoms. The molecule has 1 aromatic rings. The van der Waals surface area contributed by atoms with Crippen molar-refractivity contribution >= 4 is 29.1 Å². The van der Waals surface area contributed by atoms with Gasteiger partial charge in [-0.3, -0.25) is 4.79 Å². The van der Waals surface area contributed by atoms with Gasteiger partial charge in [-0.15, -0.1) is 0 Å². The van der Waals surface area contributed by atoms with Crippen LogP contribution in [0.4, 0.5) is 0 Å². The Kier molecular flexibility index (Phi) is 3.95. The summed E-state index contributed by atoms with van der Waals surface area (Å²) >= 11 is 12.1. The molecule has 92 valence electrons. The van der Waals surface area contributed by atoms with Gasteiger partial charge in [0, 0.05) is 22.6 Å². The van der Waals surface area contributed by atoms with E-state index < -0.39 is 0 Å². The summed E-state index contributed by atoms with van der Waals surface area (Å²) in [6.07, 6.45) is 2.47. The van der Waals surface area contributed by atoms with Gasteiger partial charge in [-0.1, -0.05) is 29.3 Å². The van der Waals surface area contributed by atoms with Crippen molar-refractivity contribution in [2.24, 2.45) is 0 Å². The van der Waals surface area contributed by atoms with E-state index in [0.29, 0.717) is 22.5 Å². The monoisotopic (exact) mass is 271 g/mol. The molecule has 1 fully saturated rings. The van der Waals surface area contributed by atoms with E-state index in [4.69, 9.17) is 23.2 Å². The van der Waals surface area contributed by atoms with Gasteiger partial charge in [-0.2, -0.15) is 0 Å². The maximum atomic E-state index is 12.1. The summed E-state index contributed by atoms with van der Waals surface area (Å²) in [6, 6.07) is 5.66. The minimum atomic E-state index is 0.116. The van der Waals surface area contributed by atoms with Gasteiger partial charge in [0.25, 0.3) is 0 Å². The van der Waals surface area contributed by atoms with Crippen LogP contribution < -0.4 is 0 Å². The molecule has 0 N–H and O–H groups in total. The first kappa shape index (κ1) is 12.7. The number of halogens is 2. The van der Waals surface area contributed by atoms with E-state index in [-0.39, 0.29) is 5.91 Å². The van der Waals surface area contributed by atoms with E-state index in [1.54, 1.807) is 18.2 Å². The van der Waals surface area contributed by atoms with Crippen molar-refractivity contribution in [3.05, 3.63) is 33.8 Å². The number of carbonyl (C=O) groups is 1. The van der Waals surface area contributed by atoms with Crippen molar-refractivity contribution in [3.8, 4) is 0 Å². The number of hydrogen-bond acceptors (Lipinski definition) is 1. The number of rotatable bonds is 2. The molecule has 1 aromatic carbocycles. The van der Waals surface area contributed by atoms with Gasteiger partial charge >= 0.3 is 0 Å². The molecular weight excluding hydrogens is 257 g/mol. The number of likely N-dealkylation sites (tertiary alicyclic amines) is 1. The summed E-state index contributed by atoms with van der Waals surface area (Å²) in [4.78, 5) is 14.1. The lowest BCUT2D eigenvalue weighted by Gasteiger charge is -2.21. The zero-order valence-electron chi connectivity index (χ0n) is 9.75. The second-order valence-electron chi connectivity index (χ2n) is 4.46. The Balaban J connectivity index is 2.13. The largest absolute Gasteiger partial charge is 0.340 e. The molecule has 0 bridgehead atoms. The summed E-state index contributed by atoms with van der Waals surface area (Å²) in [5, 5.41) is 1.13. The lowest BCUT2D eigenvalue weighted by molar-refractivity contribution is -0.130. The maximum absolute atomic E-state index is 12.1. The van der Waals surface area contributed by atoms with Gasteiger partial charge in [0.1, 0.15) is 0 Å². The first-order valence-electron chi connectivity index (χ1n) is 5.82. The molecule has 0 aromatic heterocycles. The first-order chi connectivity index (χ1) is 8.09. The molecule has 1 amide bonds. The highest BCUT2D eigenvalue weighted by molar-refractivity contribution is 6.36. The smallest absolute Gasteiger partial charge is 0.227 e. The van der Waals surface area contributed by atoms with Gasteiger partial charge in [-0.05, 0) is 37.5 Å². The number of hydrogen-bond donors (Lipinski definition) is 0. The first-order valence-corrected chi connectivity index (χ1v) is 6.57. The lowest BCUT2D eigenvalue weighted by atomic mass is 10.1. The van der Waals surface area contributed by atoms with Gasteiger partial charge in [0.15, 0.2) is 0 Å². The van der Waals surface area contributed by atoms with Crippen LogP contribution in [0.5, 0.6) is 0 Å².